The summed E-state index contributed by atoms with van der Waals surface area (Å²) < 4.78 is 5.29. The lowest BCUT2D eigenvalue weighted by atomic mass is 10.1. The summed E-state index contributed by atoms with van der Waals surface area (Å²) >= 11 is 0. The van der Waals surface area contributed by atoms with Crippen LogP contribution < -0.4 is 0 Å². The minimum Gasteiger partial charge on any atom is -0.379 e. The fraction of sp³-hybridized carbons (Fsp3) is 1.00. The molecule has 1 fully saturated rings. The van der Waals surface area contributed by atoms with Gasteiger partial charge in [0.2, 0.25) is 0 Å². The van der Waals surface area contributed by atoms with Gasteiger partial charge in [0.15, 0.2) is 0 Å². The van der Waals surface area contributed by atoms with Crippen LogP contribution in [0.4, 0.5) is 0 Å². The number of hydrogen-bond donors (Lipinski definition) is 0. The summed E-state index contributed by atoms with van der Waals surface area (Å²) in [5.41, 5.74) is 0. The molecule has 9 heavy (non-hydrogen) atoms. The molecule has 0 N–H and O–H groups in total. The van der Waals surface area contributed by atoms with Gasteiger partial charge in [-0.1, -0.05) is 6.92 Å². The van der Waals surface area contributed by atoms with Gasteiger partial charge in [0.05, 0.1) is 13.2 Å². The van der Waals surface area contributed by atoms with E-state index in [1.165, 1.54) is 0 Å². The molecule has 0 bridgehead atoms. The first-order chi connectivity index (χ1) is 4.22. The Balaban J connectivity index is 2.40. The molecule has 0 unspecified atom stereocenters. The molecule has 1 saturated heterocycles. The third-order valence-electron chi connectivity index (χ3n) is 1.99. The molecule has 2 nitrogen and oxygen atoms in total. The number of nitrogens with zero attached hydrogens (tertiary/aromatic N) is 1. The van der Waals surface area contributed by atoms with Crippen LogP contribution in [0.15, 0.2) is 0 Å². The first-order valence-electron chi connectivity index (χ1n) is 3.46. The molecule has 0 radical (unpaired) electrons. The van der Waals surface area contributed by atoms with Crippen LogP contribution in [0.5, 0.6) is 0 Å². The van der Waals surface area contributed by atoms with Gasteiger partial charge in [-0.3, -0.25) is 0 Å². The number of likely N-dealkylation sites (N-methyl/N-ethyl adjacent to an activating group) is 1. The molecule has 0 spiro atoms. The van der Waals surface area contributed by atoms with Crippen LogP contribution in [-0.2, 0) is 4.74 Å². The van der Waals surface area contributed by atoms with Gasteiger partial charge < -0.3 is 9.64 Å². The second-order valence-corrected chi connectivity index (χ2v) is 3.05. The van der Waals surface area contributed by atoms with Crippen LogP contribution in [-0.4, -0.2) is 38.3 Å². The topological polar surface area (TPSA) is 12.5 Å². The zero-order valence-corrected chi connectivity index (χ0v) is 6.42. The summed E-state index contributed by atoms with van der Waals surface area (Å²) in [4.78, 5) is 2.23. The van der Waals surface area contributed by atoms with Crippen molar-refractivity contribution < 1.29 is 4.74 Å². The van der Waals surface area contributed by atoms with Gasteiger partial charge in [-0.15, -0.1) is 0 Å². The molecule has 0 saturated carbocycles. The molecule has 54 valence electrons. The quantitative estimate of drug-likeness (QED) is 0.513. The summed E-state index contributed by atoms with van der Waals surface area (Å²) in [7, 11) is 4.21. The second-order valence-electron chi connectivity index (χ2n) is 3.05. The molecule has 1 rings (SSSR count). The van der Waals surface area contributed by atoms with Crippen molar-refractivity contribution in [2.24, 2.45) is 5.92 Å². The maximum atomic E-state index is 5.29. The minimum absolute atomic E-state index is 0.644. The van der Waals surface area contributed by atoms with Gasteiger partial charge in [0.25, 0.3) is 0 Å². The molecule has 0 aromatic carbocycles. The Labute approximate surface area is 56.8 Å². The van der Waals surface area contributed by atoms with Crippen LogP contribution >= 0.6 is 0 Å². The lowest BCUT2D eigenvalue weighted by Crippen LogP contribution is -2.32. The first-order valence-corrected chi connectivity index (χ1v) is 3.46. The average Bonchev–Trinajstić information content (AvgIpc) is 2.13. The SMILES string of the molecule is C[C@H]1COC[C@@H]1N(C)C. The Kier molecular flexibility index (Phi) is 2.09. The molecule has 2 heteroatoms. The Hall–Kier alpha value is -0.0800. The lowest BCUT2D eigenvalue weighted by molar-refractivity contribution is 0.169. The molecule has 0 aliphatic carbocycles. The van der Waals surface area contributed by atoms with Crippen molar-refractivity contribution >= 4 is 0 Å². The number of ether oxygens (including phenoxy) is 1. The second kappa shape index (κ2) is 2.67. The molecular weight excluding hydrogens is 114 g/mol. The molecule has 0 aromatic heterocycles. The smallest absolute Gasteiger partial charge is 0.0625 e. The van der Waals surface area contributed by atoms with E-state index < -0.39 is 0 Å². The van der Waals surface area contributed by atoms with E-state index in [-0.39, 0.29) is 0 Å². The highest BCUT2D eigenvalue weighted by Gasteiger charge is 2.25. The Morgan fingerprint density at radius 1 is 1.33 bits per heavy atom. The highest BCUT2D eigenvalue weighted by Crippen LogP contribution is 2.15. The molecule has 1 aliphatic heterocycles. The zero-order chi connectivity index (χ0) is 6.85. The molecule has 1 heterocycles. The maximum Gasteiger partial charge on any atom is 0.0625 e. The highest BCUT2D eigenvalue weighted by molar-refractivity contribution is 4.77. The van der Waals surface area contributed by atoms with E-state index in [2.05, 4.69) is 25.9 Å². The van der Waals surface area contributed by atoms with Crippen molar-refractivity contribution in [3.05, 3.63) is 0 Å². The van der Waals surface area contributed by atoms with Crippen LogP contribution in [0.3, 0.4) is 0 Å². The van der Waals surface area contributed by atoms with Gasteiger partial charge in [-0.25, -0.2) is 0 Å². The maximum absolute atomic E-state index is 5.29. The molecule has 0 amide bonds. The van der Waals surface area contributed by atoms with Crippen LogP contribution in [0.1, 0.15) is 6.92 Å². The third kappa shape index (κ3) is 1.43. The van der Waals surface area contributed by atoms with E-state index in [1.54, 1.807) is 0 Å². The zero-order valence-electron chi connectivity index (χ0n) is 6.42. The van der Waals surface area contributed by atoms with Crippen molar-refractivity contribution in [1.82, 2.24) is 4.90 Å². The van der Waals surface area contributed by atoms with Gasteiger partial charge in [0.1, 0.15) is 0 Å². The first kappa shape index (κ1) is 7.03. The van der Waals surface area contributed by atoms with E-state index >= 15 is 0 Å². The highest BCUT2D eigenvalue weighted by atomic mass is 16.5. The third-order valence-corrected chi connectivity index (χ3v) is 1.99. The Morgan fingerprint density at radius 2 is 2.00 bits per heavy atom. The molecule has 2 atom stereocenters. The molecule has 0 aromatic rings. The van der Waals surface area contributed by atoms with Crippen LogP contribution in [0, 0.1) is 5.92 Å². The van der Waals surface area contributed by atoms with Gasteiger partial charge >= 0.3 is 0 Å². The van der Waals surface area contributed by atoms with Crippen molar-refractivity contribution in [2.45, 2.75) is 13.0 Å². The average molecular weight is 129 g/mol. The Morgan fingerprint density at radius 3 is 2.22 bits per heavy atom. The van der Waals surface area contributed by atoms with Gasteiger partial charge in [-0.2, -0.15) is 0 Å². The van der Waals surface area contributed by atoms with Crippen LogP contribution in [0.25, 0.3) is 0 Å². The normalized spacial score (nSPS) is 36.0. The van der Waals surface area contributed by atoms with E-state index in [9.17, 15) is 0 Å². The van der Waals surface area contributed by atoms with E-state index in [0.29, 0.717) is 12.0 Å². The van der Waals surface area contributed by atoms with Crippen molar-refractivity contribution in [3.63, 3.8) is 0 Å². The minimum atomic E-state index is 0.644. The van der Waals surface area contributed by atoms with Crippen LogP contribution in [0.2, 0.25) is 0 Å². The van der Waals surface area contributed by atoms with E-state index in [4.69, 9.17) is 4.74 Å². The predicted octanol–water partition coefficient (Wildman–Crippen LogP) is 0.583. The van der Waals surface area contributed by atoms with Crippen molar-refractivity contribution in [2.75, 3.05) is 27.3 Å². The fourth-order valence-electron chi connectivity index (χ4n) is 1.31. The molecular formula is C7H15NO. The monoisotopic (exact) mass is 129 g/mol. The van der Waals surface area contributed by atoms with Crippen molar-refractivity contribution in [3.8, 4) is 0 Å². The summed E-state index contributed by atoms with van der Waals surface area (Å²) in [6, 6.07) is 0.644. The summed E-state index contributed by atoms with van der Waals surface area (Å²) in [5.74, 6) is 0.708. The molecule has 1 aliphatic rings. The standard InChI is InChI=1S/C7H15NO/c1-6-4-9-5-7(6)8(2)3/h6-7H,4-5H2,1-3H3/t6-,7-/m0/s1. The van der Waals surface area contributed by atoms with Gasteiger partial charge in [0, 0.05) is 6.04 Å². The Bertz CT molecular complexity index is 92.9. The van der Waals surface area contributed by atoms with Gasteiger partial charge in [-0.05, 0) is 20.0 Å². The fourth-order valence-corrected chi connectivity index (χ4v) is 1.31. The van der Waals surface area contributed by atoms with E-state index in [0.717, 1.165) is 13.2 Å². The summed E-state index contributed by atoms with van der Waals surface area (Å²) in [6.07, 6.45) is 0. The largest absolute Gasteiger partial charge is 0.379 e. The predicted molar refractivity (Wildman–Crippen MR) is 37.5 cm³/mol. The summed E-state index contributed by atoms with van der Waals surface area (Å²) in [5, 5.41) is 0. The number of hydrogen-bond acceptors (Lipinski definition) is 2. The van der Waals surface area contributed by atoms with E-state index in [1.807, 2.05) is 0 Å². The lowest BCUT2D eigenvalue weighted by Gasteiger charge is -2.20. The van der Waals surface area contributed by atoms with Crippen molar-refractivity contribution in [1.29, 1.82) is 0 Å². The summed E-state index contributed by atoms with van der Waals surface area (Å²) in [6.45, 7) is 4.08. The number of rotatable bonds is 1.